The highest BCUT2D eigenvalue weighted by Crippen LogP contribution is 2.37. The Morgan fingerprint density at radius 3 is 2.89 bits per heavy atom. The summed E-state index contributed by atoms with van der Waals surface area (Å²) in [7, 11) is 5.53. The van der Waals surface area contributed by atoms with Gasteiger partial charge in [0.1, 0.15) is 16.9 Å². The Balaban J connectivity index is 1.53. The van der Waals surface area contributed by atoms with Crippen LogP contribution >= 0.6 is 35.5 Å². The van der Waals surface area contributed by atoms with E-state index in [0.717, 1.165) is 46.2 Å². The van der Waals surface area contributed by atoms with E-state index in [1.165, 1.54) is 24.6 Å². The van der Waals surface area contributed by atoms with Crippen molar-refractivity contribution in [3.8, 4) is 5.75 Å². The summed E-state index contributed by atoms with van der Waals surface area (Å²) in [5.41, 5.74) is 3.22. The van der Waals surface area contributed by atoms with Crippen molar-refractivity contribution in [2.45, 2.75) is 18.3 Å². The largest absolute Gasteiger partial charge is 0.488 e. The molecule has 1 fully saturated rings. The van der Waals surface area contributed by atoms with Crippen molar-refractivity contribution < 1.29 is 9.47 Å². The number of benzene rings is 1. The number of aromatic nitrogens is 1. The molecule has 0 bridgehead atoms. The van der Waals surface area contributed by atoms with E-state index in [4.69, 9.17) is 14.5 Å². The van der Waals surface area contributed by atoms with Gasteiger partial charge in [-0.25, -0.2) is 0 Å². The Labute approximate surface area is 233 Å². The van der Waals surface area contributed by atoms with Crippen LogP contribution in [0.1, 0.15) is 12.6 Å². The fraction of sp³-hybridized carbons (Fsp3) is 0.481. The number of methoxy groups -OCH3 is 1. The second-order valence-corrected chi connectivity index (χ2v) is 12.5. The molecule has 0 amide bonds. The van der Waals surface area contributed by atoms with E-state index in [2.05, 4.69) is 61.6 Å². The molecule has 2 atom stereocenters. The van der Waals surface area contributed by atoms with Gasteiger partial charge in [0.2, 0.25) is 0 Å². The van der Waals surface area contributed by atoms with Gasteiger partial charge in [-0.05, 0) is 42.5 Å². The Morgan fingerprint density at radius 1 is 1.27 bits per heavy atom. The number of aliphatic imine (C=N–C) groups is 2. The number of ether oxygens (including phenoxy) is 2. The fourth-order valence-electron chi connectivity index (χ4n) is 4.29. The summed E-state index contributed by atoms with van der Waals surface area (Å²) < 4.78 is 13.6. The number of H-pyrrole nitrogens is 1. The number of hydrogen-bond acceptors (Lipinski definition) is 9. The van der Waals surface area contributed by atoms with Crippen LogP contribution < -0.4 is 9.04 Å². The third-order valence-electron chi connectivity index (χ3n) is 6.03. The zero-order chi connectivity index (χ0) is 26.0. The van der Waals surface area contributed by atoms with Gasteiger partial charge >= 0.3 is 0 Å². The minimum atomic E-state index is -0.0411. The molecule has 2 aliphatic heterocycles. The lowest BCUT2D eigenvalue weighted by Crippen LogP contribution is -2.37. The van der Waals surface area contributed by atoms with Gasteiger partial charge in [-0.2, -0.15) is 11.8 Å². The van der Waals surface area contributed by atoms with Crippen molar-refractivity contribution in [2.75, 3.05) is 69.8 Å². The van der Waals surface area contributed by atoms with Crippen molar-refractivity contribution in [3.05, 3.63) is 47.5 Å². The summed E-state index contributed by atoms with van der Waals surface area (Å²) in [6, 6.07) is 6.41. The molecule has 3 heterocycles. The predicted molar refractivity (Wildman–Crippen MR) is 166 cm³/mol. The summed E-state index contributed by atoms with van der Waals surface area (Å²) in [6.45, 7) is 6.94. The Hall–Kier alpha value is -1.85. The first-order chi connectivity index (χ1) is 18.1. The van der Waals surface area contributed by atoms with E-state index in [0.29, 0.717) is 11.9 Å². The predicted octanol–water partition coefficient (Wildman–Crippen LogP) is 5.35. The van der Waals surface area contributed by atoms with Crippen molar-refractivity contribution in [1.29, 1.82) is 0 Å². The Bertz CT molecular complexity index is 1140. The molecule has 2 aliphatic rings. The normalized spacial score (nSPS) is 20.0. The lowest BCUT2D eigenvalue weighted by atomic mass is 10.2. The number of nitrogens with one attached hydrogen (secondary N) is 1. The molecule has 10 heteroatoms. The minimum Gasteiger partial charge on any atom is -0.488 e. The van der Waals surface area contributed by atoms with E-state index in [-0.39, 0.29) is 6.10 Å². The molecule has 1 saturated heterocycles. The lowest BCUT2D eigenvalue weighted by molar-refractivity contribution is 0.0922. The van der Waals surface area contributed by atoms with Gasteiger partial charge < -0.3 is 23.7 Å². The lowest BCUT2D eigenvalue weighted by Gasteiger charge is -2.28. The molecule has 2 aromatic rings. The molecule has 7 nitrogen and oxygen atoms in total. The number of aromatic amines is 1. The molecular weight excluding hydrogens is 523 g/mol. The summed E-state index contributed by atoms with van der Waals surface area (Å²) in [6.07, 6.45) is 7.61. The maximum atomic E-state index is 6.20. The zero-order valence-electron chi connectivity index (χ0n) is 22.1. The number of anilines is 1. The standard InChI is InChI=1S/C27H37N5O2S3/c1-20(19-33-4)34-22-14-21-15-24(27-29-17-23(37-27)18-32-9-12-35-13-10-32)30-26(21)25(16-22)31(3)36-11-7-5-6-8-28-2/h5-8,11,14-16,20,23,30H,9-10,12-13,17-19H2,1-4H3/b6-5-,11-7+,28-8?. The number of rotatable bonds is 12. The van der Waals surface area contributed by atoms with Crippen LogP contribution in [0.3, 0.4) is 0 Å². The molecule has 1 aromatic carbocycles. The van der Waals surface area contributed by atoms with Crippen LogP contribution in [0, 0.1) is 0 Å². The molecule has 0 spiro atoms. The van der Waals surface area contributed by atoms with Gasteiger partial charge in [0.25, 0.3) is 0 Å². The number of nitrogens with zero attached hydrogens (tertiary/aromatic N) is 4. The topological polar surface area (TPSA) is 65.5 Å². The second kappa shape index (κ2) is 14.3. The molecule has 37 heavy (non-hydrogen) atoms. The number of allylic oxidation sites excluding steroid dienone is 3. The molecule has 0 aliphatic carbocycles. The molecule has 4 rings (SSSR count). The van der Waals surface area contributed by atoms with Gasteiger partial charge in [0.15, 0.2) is 0 Å². The van der Waals surface area contributed by atoms with Gasteiger partial charge in [-0.1, -0.05) is 23.9 Å². The first kappa shape index (κ1) is 28.2. The number of fused-ring (bicyclic) bond motifs is 1. The Kier molecular flexibility index (Phi) is 10.9. The summed E-state index contributed by atoms with van der Waals surface area (Å²) >= 11 is 5.58. The van der Waals surface area contributed by atoms with E-state index in [1.807, 2.05) is 36.9 Å². The summed E-state index contributed by atoms with van der Waals surface area (Å²) in [5.74, 6) is 3.32. The number of hydrogen-bond donors (Lipinski definition) is 1. The average Bonchev–Trinajstić information content (AvgIpc) is 3.53. The second-order valence-electron chi connectivity index (χ2n) is 9.00. The van der Waals surface area contributed by atoms with E-state index < -0.39 is 0 Å². The molecule has 2 unspecified atom stereocenters. The van der Waals surface area contributed by atoms with Crippen LogP contribution in [-0.2, 0) is 4.74 Å². The highest BCUT2D eigenvalue weighted by molar-refractivity contribution is 8.15. The average molecular weight is 560 g/mol. The fourth-order valence-corrected chi connectivity index (χ4v) is 7.01. The minimum absolute atomic E-state index is 0.0411. The smallest absolute Gasteiger partial charge is 0.122 e. The van der Waals surface area contributed by atoms with Crippen molar-refractivity contribution in [3.63, 3.8) is 0 Å². The molecular formula is C27H37N5O2S3. The van der Waals surface area contributed by atoms with Crippen molar-refractivity contribution in [2.24, 2.45) is 9.98 Å². The number of thioether (sulfide) groups is 2. The van der Waals surface area contributed by atoms with E-state index in [1.54, 1.807) is 32.3 Å². The third kappa shape index (κ3) is 8.07. The van der Waals surface area contributed by atoms with Crippen LogP contribution in [0.5, 0.6) is 5.75 Å². The Morgan fingerprint density at radius 2 is 2.11 bits per heavy atom. The quantitative estimate of drug-likeness (QED) is 0.214. The summed E-state index contributed by atoms with van der Waals surface area (Å²) in [5, 5.41) is 4.79. The highest BCUT2D eigenvalue weighted by Gasteiger charge is 2.25. The van der Waals surface area contributed by atoms with Gasteiger partial charge in [0, 0.05) is 75.3 Å². The maximum Gasteiger partial charge on any atom is 0.122 e. The van der Waals surface area contributed by atoms with Crippen LogP contribution in [0.4, 0.5) is 5.69 Å². The van der Waals surface area contributed by atoms with E-state index in [9.17, 15) is 0 Å². The van der Waals surface area contributed by atoms with Gasteiger partial charge in [0.05, 0.1) is 30.0 Å². The van der Waals surface area contributed by atoms with Crippen LogP contribution in [0.25, 0.3) is 10.9 Å². The zero-order valence-corrected chi connectivity index (χ0v) is 24.5. The van der Waals surface area contributed by atoms with Crippen LogP contribution in [0.15, 0.2) is 51.8 Å². The molecule has 0 saturated carbocycles. The molecule has 1 aromatic heterocycles. The molecule has 0 radical (unpaired) electrons. The highest BCUT2D eigenvalue weighted by atomic mass is 32.2. The van der Waals surface area contributed by atoms with Crippen molar-refractivity contribution in [1.82, 2.24) is 9.88 Å². The maximum absolute atomic E-state index is 6.20. The third-order valence-corrected chi connectivity index (χ3v) is 8.96. The van der Waals surface area contributed by atoms with Gasteiger partial charge in [-0.3, -0.25) is 9.98 Å². The molecule has 1 N–H and O–H groups in total. The van der Waals surface area contributed by atoms with Gasteiger partial charge in [-0.15, -0.1) is 0 Å². The monoisotopic (exact) mass is 559 g/mol. The SMILES string of the molecule is CN=C/C=C\C=C\SN(C)c1cc(OC(C)COC)cc2cc(C3=NCC(CN4CCSCC4)S3)[nH]c12. The van der Waals surface area contributed by atoms with Crippen molar-refractivity contribution >= 4 is 63.3 Å². The van der Waals surface area contributed by atoms with Crippen LogP contribution in [-0.4, -0.2) is 98.0 Å². The first-order valence-corrected chi connectivity index (χ1v) is 15.4. The van der Waals surface area contributed by atoms with E-state index >= 15 is 0 Å². The van der Waals surface area contributed by atoms with Crippen LogP contribution in [0.2, 0.25) is 0 Å². The first-order valence-electron chi connectivity index (χ1n) is 12.6. The summed E-state index contributed by atoms with van der Waals surface area (Å²) in [4.78, 5) is 15.1. The molecule has 200 valence electrons.